The first-order valence-corrected chi connectivity index (χ1v) is 18.0. The van der Waals surface area contributed by atoms with E-state index in [4.69, 9.17) is 19.4 Å². The molecule has 0 radical (unpaired) electrons. The number of para-hydroxylation sites is 3. The second kappa shape index (κ2) is 11.8. The van der Waals surface area contributed by atoms with Crippen LogP contribution in [0.4, 0.5) is 17.1 Å². The molecule has 3 aromatic heterocycles. The summed E-state index contributed by atoms with van der Waals surface area (Å²) in [5, 5.41) is 4.47. The molecular weight excluding hydrogens is 653 g/mol. The van der Waals surface area contributed by atoms with Gasteiger partial charge in [-0.25, -0.2) is 15.0 Å². The molecular formula is C43H26N4OS2. The van der Waals surface area contributed by atoms with Crippen molar-refractivity contribution in [3.63, 3.8) is 0 Å². The summed E-state index contributed by atoms with van der Waals surface area (Å²) in [6, 6.07) is 54.7. The first-order valence-electron chi connectivity index (χ1n) is 16.3. The van der Waals surface area contributed by atoms with Crippen LogP contribution < -0.4 is 4.90 Å². The Hall–Kier alpha value is -6.15. The molecule has 3 heterocycles. The van der Waals surface area contributed by atoms with Crippen molar-refractivity contribution >= 4 is 82.0 Å². The summed E-state index contributed by atoms with van der Waals surface area (Å²) in [6.45, 7) is 0. The van der Waals surface area contributed by atoms with Gasteiger partial charge in [-0.15, -0.1) is 22.7 Å². The van der Waals surface area contributed by atoms with Crippen LogP contribution in [0.2, 0.25) is 0 Å². The van der Waals surface area contributed by atoms with Crippen LogP contribution in [0.25, 0.3) is 74.9 Å². The molecule has 10 aromatic rings. The Morgan fingerprint density at radius 1 is 0.420 bits per heavy atom. The van der Waals surface area contributed by atoms with Crippen molar-refractivity contribution in [1.82, 2.24) is 15.0 Å². The fourth-order valence-corrected chi connectivity index (χ4v) is 8.41. The zero-order valence-corrected chi connectivity index (χ0v) is 28.2. The van der Waals surface area contributed by atoms with E-state index in [1.54, 1.807) is 22.7 Å². The third-order valence-electron chi connectivity index (χ3n) is 8.96. The normalized spacial score (nSPS) is 11.6. The van der Waals surface area contributed by atoms with E-state index in [0.717, 1.165) is 65.9 Å². The van der Waals surface area contributed by atoms with Gasteiger partial charge in [-0.2, -0.15) is 0 Å². The number of hydrogen-bond donors (Lipinski definition) is 0. The summed E-state index contributed by atoms with van der Waals surface area (Å²) in [6.07, 6.45) is 0. The fourth-order valence-electron chi connectivity index (χ4n) is 6.43. The maximum absolute atomic E-state index is 6.07. The van der Waals surface area contributed by atoms with Gasteiger partial charge in [0.25, 0.3) is 0 Å². The van der Waals surface area contributed by atoms with Crippen LogP contribution in [-0.2, 0) is 0 Å². The summed E-state index contributed by atoms with van der Waals surface area (Å²) < 4.78 is 8.45. The predicted octanol–water partition coefficient (Wildman–Crippen LogP) is 12.7. The molecule has 10 rings (SSSR count). The van der Waals surface area contributed by atoms with Crippen molar-refractivity contribution in [2.45, 2.75) is 0 Å². The Labute approximate surface area is 295 Å². The Bertz CT molecular complexity index is 2580. The van der Waals surface area contributed by atoms with Crippen molar-refractivity contribution < 1.29 is 4.42 Å². The van der Waals surface area contributed by atoms with Gasteiger partial charge in [0.05, 0.1) is 20.4 Å². The van der Waals surface area contributed by atoms with Crippen LogP contribution in [0.3, 0.4) is 0 Å². The highest BCUT2D eigenvalue weighted by Crippen LogP contribution is 2.40. The molecule has 0 N–H and O–H groups in total. The molecule has 0 aliphatic rings. The molecule has 0 fully saturated rings. The Kier molecular flexibility index (Phi) is 6.79. The minimum Gasteiger partial charge on any atom is -0.436 e. The summed E-state index contributed by atoms with van der Waals surface area (Å²) >= 11 is 3.44. The molecule has 0 saturated carbocycles. The van der Waals surface area contributed by atoms with Crippen LogP contribution in [0.5, 0.6) is 0 Å². The lowest BCUT2D eigenvalue weighted by Crippen LogP contribution is -2.09. The summed E-state index contributed by atoms with van der Waals surface area (Å²) in [5.41, 5.74) is 9.92. The van der Waals surface area contributed by atoms with Gasteiger partial charge >= 0.3 is 0 Å². The lowest BCUT2D eigenvalue weighted by atomic mass is 10.1. The fraction of sp³-hybridized carbons (Fsp3) is 0. The molecule has 0 unspecified atom stereocenters. The van der Waals surface area contributed by atoms with E-state index >= 15 is 0 Å². The van der Waals surface area contributed by atoms with E-state index in [1.165, 1.54) is 20.2 Å². The molecule has 0 aliphatic carbocycles. The summed E-state index contributed by atoms with van der Waals surface area (Å²) in [7, 11) is 0. The lowest BCUT2D eigenvalue weighted by Gasteiger charge is -2.26. The first kappa shape index (κ1) is 28.8. The van der Waals surface area contributed by atoms with Gasteiger partial charge in [-0.05, 0) is 120 Å². The van der Waals surface area contributed by atoms with Gasteiger partial charge < -0.3 is 9.32 Å². The number of benzene rings is 7. The molecule has 0 spiro atoms. The number of anilines is 3. The van der Waals surface area contributed by atoms with Crippen molar-refractivity contribution in [3.05, 3.63) is 158 Å². The molecule has 0 aliphatic heterocycles. The zero-order chi connectivity index (χ0) is 33.0. The predicted molar refractivity (Wildman–Crippen MR) is 209 cm³/mol. The van der Waals surface area contributed by atoms with Crippen LogP contribution in [0, 0.1) is 0 Å². The second-order valence-corrected chi connectivity index (χ2v) is 14.2. The first-order chi connectivity index (χ1) is 24.7. The number of aromatic nitrogens is 3. The largest absolute Gasteiger partial charge is 0.436 e. The molecule has 50 heavy (non-hydrogen) atoms. The average molecular weight is 679 g/mol. The Morgan fingerprint density at radius 2 is 0.940 bits per heavy atom. The van der Waals surface area contributed by atoms with Gasteiger partial charge in [0.15, 0.2) is 5.58 Å². The highest BCUT2D eigenvalue weighted by Gasteiger charge is 2.16. The Morgan fingerprint density at radius 3 is 1.58 bits per heavy atom. The third-order valence-corrected chi connectivity index (χ3v) is 11.1. The van der Waals surface area contributed by atoms with Gasteiger partial charge in [0, 0.05) is 33.8 Å². The van der Waals surface area contributed by atoms with E-state index < -0.39 is 0 Å². The smallest absolute Gasteiger partial charge is 0.227 e. The van der Waals surface area contributed by atoms with Gasteiger partial charge in [-0.3, -0.25) is 0 Å². The third kappa shape index (κ3) is 5.11. The maximum Gasteiger partial charge on any atom is 0.227 e. The van der Waals surface area contributed by atoms with Crippen LogP contribution in [0.15, 0.2) is 162 Å². The summed E-state index contributed by atoms with van der Waals surface area (Å²) in [4.78, 5) is 16.9. The standard InChI is InChI=1S/C43H26N4OS2/c1-2-8-31-26-40-37(25-30(31)7-1)46-43(50-40)29-17-23-34(24-18-29)47(32-19-13-27(14-20-32)41-44-35-9-3-5-11-38(35)48-41)33-21-15-28(16-22-33)42-45-36-10-4-6-12-39(36)49-42/h1-26H. The minimum atomic E-state index is 0.609. The number of oxazole rings is 1. The number of hydrogen-bond acceptors (Lipinski definition) is 7. The molecule has 236 valence electrons. The van der Waals surface area contributed by atoms with Crippen molar-refractivity contribution in [3.8, 4) is 32.6 Å². The van der Waals surface area contributed by atoms with Crippen molar-refractivity contribution in [1.29, 1.82) is 0 Å². The highest BCUT2D eigenvalue weighted by atomic mass is 32.1. The number of thiazole rings is 2. The Balaban J connectivity index is 1.02. The molecule has 7 aromatic carbocycles. The van der Waals surface area contributed by atoms with Crippen molar-refractivity contribution in [2.24, 2.45) is 0 Å². The zero-order valence-electron chi connectivity index (χ0n) is 26.5. The molecule has 0 bridgehead atoms. The minimum absolute atomic E-state index is 0.609. The van der Waals surface area contributed by atoms with E-state index in [2.05, 4.69) is 132 Å². The van der Waals surface area contributed by atoms with Gasteiger partial charge in [0.2, 0.25) is 5.89 Å². The van der Waals surface area contributed by atoms with E-state index in [9.17, 15) is 0 Å². The highest BCUT2D eigenvalue weighted by molar-refractivity contribution is 7.22. The van der Waals surface area contributed by atoms with Gasteiger partial charge in [-0.1, -0.05) is 48.5 Å². The van der Waals surface area contributed by atoms with Crippen LogP contribution in [-0.4, -0.2) is 15.0 Å². The van der Waals surface area contributed by atoms with Crippen molar-refractivity contribution in [2.75, 3.05) is 4.90 Å². The summed E-state index contributed by atoms with van der Waals surface area (Å²) in [5.74, 6) is 0.609. The van der Waals surface area contributed by atoms with Crippen LogP contribution in [0.1, 0.15) is 0 Å². The number of rotatable bonds is 6. The molecule has 7 heteroatoms. The molecule has 0 amide bonds. The van der Waals surface area contributed by atoms with E-state index in [1.807, 2.05) is 30.3 Å². The lowest BCUT2D eigenvalue weighted by molar-refractivity contribution is 0.620. The maximum atomic E-state index is 6.07. The second-order valence-electron chi connectivity index (χ2n) is 12.1. The van der Waals surface area contributed by atoms with Gasteiger partial charge in [0.1, 0.15) is 15.5 Å². The number of nitrogens with zero attached hydrogens (tertiary/aromatic N) is 4. The molecule has 5 nitrogen and oxygen atoms in total. The molecule has 0 saturated heterocycles. The van der Waals surface area contributed by atoms with E-state index in [-0.39, 0.29) is 0 Å². The monoisotopic (exact) mass is 678 g/mol. The quantitative estimate of drug-likeness (QED) is 0.175. The number of fused-ring (bicyclic) bond motifs is 4. The topological polar surface area (TPSA) is 55.1 Å². The van der Waals surface area contributed by atoms with E-state index in [0.29, 0.717) is 5.89 Å². The molecule has 0 atom stereocenters. The van der Waals surface area contributed by atoms with Crippen LogP contribution >= 0.6 is 22.7 Å². The average Bonchev–Trinajstić information content (AvgIpc) is 3.92. The SMILES string of the molecule is c1ccc2cc3sc(-c4ccc(N(c5ccc(-c6nc7ccccc7o6)cc5)c5ccc(-c6nc7ccccc7s6)cc5)cc4)nc3cc2c1.